The van der Waals surface area contributed by atoms with E-state index in [9.17, 15) is 4.79 Å². The maximum atomic E-state index is 12.6. The number of piperidine rings is 1. The average Bonchev–Trinajstić information content (AvgIpc) is 3.44. The summed E-state index contributed by atoms with van der Waals surface area (Å²) in [7, 11) is 0. The van der Waals surface area contributed by atoms with Crippen molar-refractivity contribution in [1.29, 1.82) is 0 Å². The lowest BCUT2D eigenvalue weighted by Crippen LogP contribution is -2.48. The minimum Gasteiger partial charge on any atom is -0.381 e. The van der Waals surface area contributed by atoms with Gasteiger partial charge < -0.3 is 10.1 Å². The van der Waals surface area contributed by atoms with Crippen LogP contribution in [-0.2, 0) is 16.1 Å². The predicted octanol–water partition coefficient (Wildman–Crippen LogP) is 2.16. The topological polar surface area (TPSA) is 59.4 Å². The molecule has 0 radical (unpaired) electrons. The zero-order valence-corrected chi connectivity index (χ0v) is 15.7. The number of carbonyl (C=O) groups excluding carboxylic acids is 1. The van der Waals surface area contributed by atoms with E-state index in [0.717, 1.165) is 77.4 Å². The van der Waals surface area contributed by atoms with Crippen molar-refractivity contribution in [1.82, 2.24) is 20.0 Å². The Balaban J connectivity index is 1.18. The molecule has 3 heterocycles. The maximum absolute atomic E-state index is 12.6. The smallest absolute Gasteiger partial charge is 0.224 e. The molecule has 26 heavy (non-hydrogen) atoms. The molecule has 4 rings (SSSR count). The molecule has 2 saturated heterocycles. The Kier molecular flexibility index (Phi) is 5.90. The summed E-state index contributed by atoms with van der Waals surface area (Å²) in [5.41, 5.74) is 1.37. The third-order valence-corrected chi connectivity index (χ3v) is 6.12. The van der Waals surface area contributed by atoms with E-state index >= 15 is 0 Å². The summed E-state index contributed by atoms with van der Waals surface area (Å²) in [5.74, 6) is 1.12. The lowest BCUT2D eigenvalue weighted by atomic mass is 9.94. The van der Waals surface area contributed by atoms with E-state index in [2.05, 4.69) is 26.1 Å². The van der Waals surface area contributed by atoms with Crippen molar-refractivity contribution in [3.8, 4) is 0 Å². The van der Waals surface area contributed by atoms with Crippen LogP contribution in [0.2, 0.25) is 0 Å². The number of aryl methyl sites for hydroxylation is 1. The van der Waals surface area contributed by atoms with Gasteiger partial charge in [-0.1, -0.05) is 0 Å². The van der Waals surface area contributed by atoms with Crippen molar-refractivity contribution in [3.63, 3.8) is 0 Å². The monoisotopic (exact) mass is 360 g/mol. The summed E-state index contributed by atoms with van der Waals surface area (Å²) in [5, 5.41) is 7.60. The molecule has 6 nitrogen and oxygen atoms in total. The van der Waals surface area contributed by atoms with Crippen molar-refractivity contribution >= 4 is 5.91 Å². The van der Waals surface area contributed by atoms with Gasteiger partial charge in [0.05, 0.1) is 5.92 Å². The Morgan fingerprint density at radius 2 is 2.08 bits per heavy atom. The summed E-state index contributed by atoms with van der Waals surface area (Å²) in [4.78, 5) is 15.1. The first-order valence-corrected chi connectivity index (χ1v) is 10.4. The number of hydrogen-bond donors (Lipinski definition) is 1. The molecule has 1 aromatic rings. The highest BCUT2D eigenvalue weighted by Crippen LogP contribution is 2.39. The first kappa shape index (κ1) is 18.0. The zero-order valence-electron chi connectivity index (χ0n) is 15.7. The van der Waals surface area contributed by atoms with E-state index < -0.39 is 0 Å². The van der Waals surface area contributed by atoms with Crippen LogP contribution in [0.1, 0.15) is 56.6 Å². The van der Waals surface area contributed by atoms with Gasteiger partial charge in [0.1, 0.15) is 0 Å². The van der Waals surface area contributed by atoms with Gasteiger partial charge in [-0.05, 0) is 57.6 Å². The molecule has 2 aliphatic heterocycles. The van der Waals surface area contributed by atoms with Gasteiger partial charge in [-0.3, -0.25) is 14.4 Å². The molecule has 0 aromatic carbocycles. The first-order chi connectivity index (χ1) is 12.8. The summed E-state index contributed by atoms with van der Waals surface area (Å²) in [6.07, 6.45) is 9.83. The maximum Gasteiger partial charge on any atom is 0.224 e. The molecule has 3 fully saturated rings. The molecule has 1 aliphatic carbocycles. The number of ether oxygens (including phenoxy) is 1. The van der Waals surface area contributed by atoms with Crippen LogP contribution in [0, 0.1) is 5.92 Å². The zero-order chi connectivity index (χ0) is 17.8. The van der Waals surface area contributed by atoms with Crippen LogP contribution in [0.15, 0.2) is 12.3 Å². The third-order valence-electron chi connectivity index (χ3n) is 6.12. The summed E-state index contributed by atoms with van der Waals surface area (Å²) in [6.45, 7) is 5.44. The molecule has 1 amide bonds. The molecule has 6 heteroatoms. The summed E-state index contributed by atoms with van der Waals surface area (Å²) < 4.78 is 7.60. The van der Waals surface area contributed by atoms with Crippen molar-refractivity contribution in [3.05, 3.63) is 18.0 Å². The van der Waals surface area contributed by atoms with E-state index in [-0.39, 0.29) is 11.8 Å². The number of amides is 1. The second kappa shape index (κ2) is 8.53. The molecule has 1 aromatic heterocycles. The van der Waals surface area contributed by atoms with Crippen molar-refractivity contribution in [2.75, 3.05) is 32.8 Å². The van der Waals surface area contributed by atoms with Gasteiger partial charge in [-0.25, -0.2) is 0 Å². The van der Waals surface area contributed by atoms with Crippen molar-refractivity contribution in [2.45, 2.75) is 63.5 Å². The Hall–Kier alpha value is -1.40. The Morgan fingerprint density at radius 3 is 2.88 bits per heavy atom. The van der Waals surface area contributed by atoms with Crippen LogP contribution >= 0.6 is 0 Å². The van der Waals surface area contributed by atoms with Crippen LogP contribution in [0.5, 0.6) is 0 Å². The van der Waals surface area contributed by atoms with Crippen LogP contribution in [0.3, 0.4) is 0 Å². The number of carbonyl (C=O) groups is 1. The summed E-state index contributed by atoms with van der Waals surface area (Å²) in [6, 6.07) is 2.75. The van der Waals surface area contributed by atoms with E-state index in [1.165, 1.54) is 18.5 Å². The number of nitrogens with one attached hydrogen (secondary N) is 1. The van der Waals surface area contributed by atoms with E-state index in [0.29, 0.717) is 6.04 Å². The number of aromatic nitrogens is 2. The first-order valence-electron chi connectivity index (χ1n) is 10.4. The number of rotatable bonds is 7. The standard InChI is InChI=1S/C20H32N4O2/c25-20(17-3-1-11-23(15-17)18-7-13-26-14-8-18)21-9-2-12-24-19(6-10-22-24)16-4-5-16/h6,10,16-18H,1-5,7-9,11-15H2,(H,21,25). The second-order valence-corrected chi connectivity index (χ2v) is 8.08. The molecule has 1 N–H and O–H groups in total. The minimum absolute atomic E-state index is 0.151. The lowest BCUT2D eigenvalue weighted by molar-refractivity contribution is -0.127. The van der Waals surface area contributed by atoms with Crippen LogP contribution in [-0.4, -0.2) is 59.5 Å². The molecule has 0 spiro atoms. The molecular weight excluding hydrogens is 328 g/mol. The van der Waals surface area contributed by atoms with Gasteiger partial charge in [-0.2, -0.15) is 5.10 Å². The number of nitrogens with zero attached hydrogens (tertiary/aromatic N) is 3. The van der Waals surface area contributed by atoms with Crippen LogP contribution in [0.25, 0.3) is 0 Å². The fourth-order valence-corrected chi connectivity index (χ4v) is 4.44. The molecule has 0 bridgehead atoms. The molecule has 144 valence electrons. The van der Waals surface area contributed by atoms with Gasteiger partial charge in [0.2, 0.25) is 5.91 Å². The van der Waals surface area contributed by atoms with E-state index in [1.54, 1.807) is 0 Å². The normalized spacial score (nSPS) is 25.3. The van der Waals surface area contributed by atoms with Crippen LogP contribution in [0.4, 0.5) is 0 Å². The highest BCUT2D eigenvalue weighted by atomic mass is 16.5. The van der Waals surface area contributed by atoms with Gasteiger partial charge in [0, 0.05) is 56.7 Å². The fourth-order valence-electron chi connectivity index (χ4n) is 4.44. The molecule has 1 saturated carbocycles. The average molecular weight is 361 g/mol. The SMILES string of the molecule is O=C(NCCCn1nccc1C1CC1)C1CCCN(C2CCOCC2)C1. The van der Waals surface area contributed by atoms with Crippen LogP contribution < -0.4 is 5.32 Å². The Bertz CT molecular complexity index is 592. The fraction of sp³-hybridized carbons (Fsp3) is 0.800. The van der Waals surface area contributed by atoms with Crippen molar-refractivity contribution < 1.29 is 9.53 Å². The molecule has 1 atom stereocenters. The van der Waals surface area contributed by atoms with Crippen molar-refractivity contribution in [2.24, 2.45) is 5.92 Å². The highest BCUT2D eigenvalue weighted by molar-refractivity contribution is 5.78. The largest absolute Gasteiger partial charge is 0.381 e. The van der Waals surface area contributed by atoms with E-state index in [4.69, 9.17) is 4.74 Å². The Labute approximate surface area is 156 Å². The third kappa shape index (κ3) is 4.46. The lowest BCUT2D eigenvalue weighted by Gasteiger charge is -2.39. The highest BCUT2D eigenvalue weighted by Gasteiger charge is 2.30. The minimum atomic E-state index is 0.151. The van der Waals surface area contributed by atoms with E-state index in [1.807, 2.05) is 6.20 Å². The molecule has 1 unspecified atom stereocenters. The van der Waals surface area contributed by atoms with Gasteiger partial charge >= 0.3 is 0 Å². The second-order valence-electron chi connectivity index (χ2n) is 8.08. The summed E-state index contributed by atoms with van der Waals surface area (Å²) >= 11 is 0. The quantitative estimate of drug-likeness (QED) is 0.757. The van der Waals surface area contributed by atoms with Gasteiger partial charge in [0.25, 0.3) is 0 Å². The number of likely N-dealkylation sites (tertiary alicyclic amines) is 1. The number of hydrogen-bond acceptors (Lipinski definition) is 4. The van der Waals surface area contributed by atoms with Gasteiger partial charge in [-0.15, -0.1) is 0 Å². The molecule has 3 aliphatic rings. The Morgan fingerprint density at radius 1 is 1.23 bits per heavy atom. The van der Waals surface area contributed by atoms with Gasteiger partial charge in [0.15, 0.2) is 0 Å². The molecular formula is C20H32N4O2. The predicted molar refractivity (Wildman–Crippen MR) is 100.0 cm³/mol.